The van der Waals surface area contributed by atoms with Crippen molar-refractivity contribution in [2.75, 3.05) is 20.3 Å². The molecule has 0 N–H and O–H groups in total. The van der Waals surface area contributed by atoms with E-state index in [4.69, 9.17) is 14.2 Å². The maximum Gasteiger partial charge on any atom is 0.337 e. The van der Waals surface area contributed by atoms with Crippen molar-refractivity contribution in [3.63, 3.8) is 0 Å². The van der Waals surface area contributed by atoms with Crippen LogP contribution < -0.4 is 9.47 Å². The van der Waals surface area contributed by atoms with E-state index in [2.05, 4.69) is 9.55 Å². The smallest absolute Gasteiger partial charge is 0.337 e. The van der Waals surface area contributed by atoms with Gasteiger partial charge in [0.25, 0.3) is 0 Å². The first kappa shape index (κ1) is 15.5. The maximum absolute atomic E-state index is 11.5. The van der Waals surface area contributed by atoms with Crippen molar-refractivity contribution in [2.45, 2.75) is 13.5 Å². The zero-order chi connectivity index (χ0) is 17.4. The summed E-state index contributed by atoms with van der Waals surface area (Å²) in [6.07, 6.45) is 0. The Balaban J connectivity index is 1.69. The van der Waals surface area contributed by atoms with Crippen LogP contribution >= 0.6 is 0 Å². The van der Waals surface area contributed by atoms with Crippen molar-refractivity contribution in [2.24, 2.45) is 0 Å². The fraction of sp³-hybridized carbons (Fsp3) is 0.263. The van der Waals surface area contributed by atoms with Gasteiger partial charge in [-0.05, 0) is 24.6 Å². The average Bonchev–Trinajstić information content (AvgIpc) is 2.94. The molecule has 0 atom stereocenters. The van der Waals surface area contributed by atoms with Gasteiger partial charge in [0.2, 0.25) is 0 Å². The van der Waals surface area contributed by atoms with Gasteiger partial charge in [-0.15, -0.1) is 0 Å². The Hall–Kier alpha value is -3.02. The van der Waals surface area contributed by atoms with Crippen LogP contribution in [0.5, 0.6) is 11.5 Å². The molecule has 0 saturated carbocycles. The van der Waals surface area contributed by atoms with E-state index >= 15 is 0 Å². The highest BCUT2D eigenvalue weighted by molar-refractivity contribution is 5.89. The molecule has 1 aliphatic heterocycles. The van der Waals surface area contributed by atoms with Crippen molar-refractivity contribution in [1.82, 2.24) is 9.55 Å². The highest BCUT2D eigenvalue weighted by Crippen LogP contribution is 2.34. The van der Waals surface area contributed by atoms with Crippen LogP contribution in [-0.2, 0) is 11.3 Å². The molecule has 0 saturated heterocycles. The number of methoxy groups -OCH3 is 1. The lowest BCUT2D eigenvalue weighted by Gasteiger charge is -2.18. The Morgan fingerprint density at radius 1 is 1.16 bits per heavy atom. The number of benzene rings is 2. The van der Waals surface area contributed by atoms with E-state index in [0.717, 1.165) is 33.9 Å². The first-order chi connectivity index (χ1) is 12.2. The molecule has 2 aromatic carbocycles. The first-order valence-electron chi connectivity index (χ1n) is 8.09. The molecule has 3 aromatic rings. The second-order valence-corrected chi connectivity index (χ2v) is 5.92. The van der Waals surface area contributed by atoms with Crippen LogP contribution in [0.3, 0.4) is 0 Å². The highest BCUT2D eigenvalue weighted by Gasteiger charge is 2.17. The van der Waals surface area contributed by atoms with Gasteiger partial charge >= 0.3 is 5.97 Å². The Morgan fingerprint density at radius 2 is 1.84 bits per heavy atom. The summed E-state index contributed by atoms with van der Waals surface area (Å²) in [5, 5.41) is 0. The predicted octanol–water partition coefficient (Wildman–Crippen LogP) is 2.95. The topological polar surface area (TPSA) is 62.6 Å². The summed E-state index contributed by atoms with van der Waals surface area (Å²) < 4.78 is 18.2. The quantitative estimate of drug-likeness (QED) is 0.687. The molecule has 0 unspecified atom stereocenters. The number of hydrogen-bond acceptors (Lipinski definition) is 5. The van der Waals surface area contributed by atoms with Crippen LogP contribution in [0.4, 0.5) is 0 Å². The van der Waals surface area contributed by atoms with Gasteiger partial charge in [0.05, 0.1) is 23.7 Å². The molecule has 1 aromatic heterocycles. The number of hydrogen-bond donors (Lipinski definition) is 0. The number of esters is 1. The van der Waals surface area contributed by atoms with E-state index in [1.54, 1.807) is 12.1 Å². The summed E-state index contributed by atoms with van der Waals surface area (Å²) in [5.74, 6) is 2.07. The van der Waals surface area contributed by atoms with Crippen molar-refractivity contribution in [3.05, 3.63) is 53.3 Å². The minimum Gasteiger partial charge on any atom is -0.486 e. The van der Waals surface area contributed by atoms with E-state index in [-0.39, 0.29) is 5.97 Å². The molecule has 0 radical (unpaired) electrons. The van der Waals surface area contributed by atoms with Crippen LogP contribution in [0.2, 0.25) is 0 Å². The number of carbonyl (C=O) groups excluding carboxylic acids is 1. The summed E-state index contributed by atoms with van der Waals surface area (Å²) in [6, 6.07) is 11.3. The van der Waals surface area contributed by atoms with Gasteiger partial charge in [-0.3, -0.25) is 0 Å². The lowest BCUT2D eigenvalue weighted by atomic mass is 10.1. The second-order valence-electron chi connectivity index (χ2n) is 5.92. The normalized spacial score (nSPS) is 13.0. The molecule has 0 aliphatic carbocycles. The van der Waals surface area contributed by atoms with E-state index < -0.39 is 0 Å². The third kappa shape index (κ3) is 2.80. The van der Waals surface area contributed by atoms with Crippen molar-refractivity contribution in [3.8, 4) is 11.5 Å². The molecule has 0 bridgehead atoms. The minimum absolute atomic E-state index is 0.334. The van der Waals surface area contributed by atoms with Gasteiger partial charge in [-0.25, -0.2) is 9.78 Å². The van der Waals surface area contributed by atoms with Gasteiger partial charge in [0.15, 0.2) is 11.5 Å². The molecule has 1 aliphatic rings. The van der Waals surface area contributed by atoms with Crippen molar-refractivity contribution < 1.29 is 19.0 Å². The van der Waals surface area contributed by atoms with Crippen LogP contribution in [0.25, 0.3) is 11.0 Å². The number of rotatable bonds is 3. The number of ether oxygens (including phenoxy) is 3. The number of carbonyl (C=O) groups is 1. The van der Waals surface area contributed by atoms with Gasteiger partial charge in [-0.2, -0.15) is 0 Å². The lowest BCUT2D eigenvalue weighted by molar-refractivity contribution is 0.0600. The van der Waals surface area contributed by atoms with E-state index in [9.17, 15) is 4.79 Å². The molecule has 6 heteroatoms. The zero-order valence-electron chi connectivity index (χ0n) is 14.1. The molecule has 128 valence electrons. The number of fused-ring (bicyclic) bond motifs is 2. The third-order valence-electron chi connectivity index (χ3n) is 4.32. The summed E-state index contributed by atoms with van der Waals surface area (Å²) in [4.78, 5) is 16.2. The molecular formula is C19H18N2O4. The van der Waals surface area contributed by atoms with Crippen molar-refractivity contribution in [1.29, 1.82) is 0 Å². The second kappa shape index (κ2) is 6.12. The monoisotopic (exact) mass is 338 g/mol. The van der Waals surface area contributed by atoms with E-state index in [0.29, 0.717) is 25.3 Å². The van der Waals surface area contributed by atoms with Gasteiger partial charge in [0, 0.05) is 18.7 Å². The van der Waals surface area contributed by atoms with Crippen LogP contribution in [0.15, 0.2) is 36.4 Å². The Bertz CT molecular complexity index is 944. The molecule has 0 fully saturated rings. The Labute approximate surface area is 144 Å². The molecular weight excluding hydrogens is 320 g/mol. The Morgan fingerprint density at radius 3 is 2.52 bits per heavy atom. The zero-order valence-corrected chi connectivity index (χ0v) is 14.1. The van der Waals surface area contributed by atoms with E-state index in [1.165, 1.54) is 7.11 Å². The standard InChI is InChI=1S/C19H18N2O4/c1-12-20-15-9-17-18(25-8-7-24-17)10-16(15)21(12)11-13-3-5-14(6-4-13)19(22)23-2/h3-6,9-10H,7-8,11H2,1-2H3. The summed E-state index contributed by atoms with van der Waals surface area (Å²) >= 11 is 0. The van der Waals surface area contributed by atoms with Crippen LogP contribution in [-0.4, -0.2) is 35.8 Å². The molecule has 4 rings (SSSR count). The third-order valence-corrected chi connectivity index (χ3v) is 4.32. The van der Waals surface area contributed by atoms with Crippen molar-refractivity contribution >= 4 is 17.0 Å². The van der Waals surface area contributed by atoms with Gasteiger partial charge in [-0.1, -0.05) is 12.1 Å². The predicted molar refractivity (Wildman–Crippen MR) is 92.3 cm³/mol. The summed E-state index contributed by atoms with van der Waals surface area (Å²) in [7, 11) is 1.38. The largest absolute Gasteiger partial charge is 0.486 e. The van der Waals surface area contributed by atoms with Gasteiger partial charge in [0.1, 0.15) is 19.0 Å². The number of aromatic nitrogens is 2. The van der Waals surface area contributed by atoms with E-state index in [1.807, 2.05) is 31.2 Å². The maximum atomic E-state index is 11.5. The number of nitrogens with zero attached hydrogens (tertiary/aromatic N) is 2. The lowest BCUT2D eigenvalue weighted by Crippen LogP contribution is -2.15. The average molecular weight is 338 g/mol. The SMILES string of the molecule is COC(=O)c1ccc(Cn2c(C)nc3cc4c(cc32)OCCO4)cc1. The molecule has 25 heavy (non-hydrogen) atoms. The molecule has 0 amide bonds. The molecule has 6 nitrogen and oxygen atoms in total. The minimum atomic E-state index is -0.334. The highest BCUT2D eigenvalue weighted by atomic mass is 16.6. The van der Waals surface area contributed by atoms with Gasteiger partial charge < -0.3 is 18.8 Å². The number of imidazole rings is 1. The fourth-order valence-electron chi connectivity index (χ4n) is 3.03. The Kier molecular flexibility index (Phi) is 3.80. The van der Waals surface area contributed by atoms with Crippen LogP contribution in [0, 0.1) is 6.92 Å². The first-order valence-corrected chi connectivity index (χ1v) is 8.09. The fourth-order valence-corrected chi connectivity index (χ4v) is 3.03. The summed E-state index contributed by atoms with van der Waals surface area (Å²) in [6.45, 7) is 3.75. The molecule has 0 spiro atoms. The number of aryl methyl sites for hydroxylation is 1. The summed E-state index contributed by atoms with van der Waals surface area (Å²) in [5.41, 5.74) is 3.50. The molecule has 2 heterocycles. The van der Waals surface area contributed by atoms with Crippen LogP contribution in [0.1, 0.15) is 21.7 Å².